The molecule has 1 heterocycles. The Balaban J connectivity index is 2.08. The Hall–Kier alpha value is -0.960. The molecule has 3 heteroatoms. The van der Waals surface area contributed by atoms with Gasteiger partial charge in [-0.25, -0.2) is 9.97 Å². The molecule has 1 N–H and O–H groups in total. The van der Waals surface area contributed by atoms with Gasteiger partial charge in [-0.2, -0.15) is 0 Å². The van der Waals surface area contributed by atoms with Crippen LogP contribution in [0.15, 0.2) is 18.5 Å². The average molecular weight is 178 g/mol. The summed E-state index contributed by atoms with van der Waals surface area (Å²) < 4.78 is 0. The topological polar surface area (TPSA) is 46.0 Å². The molecule has 1 fully saturated rings. The molecule has 0 radical (unpaired) electrons. The highest BCUT2D eigenvalue weighted by molar-refractivity contribution is 4.95. The summed E-state index contributed by atoms with van der Waals surface area (Å²) in [6.07, 6.45) is 7.59. The molecule has 3 nitrogen and oxygen atoms in total. The Kier molecular flexibility index (Phi) is 2.54. The van der Waals surface area contributed by atoms with Crippen LogP contribution in [-0.4, -0.2) is 15.1 Å². The highest BCUT2D eigenvalue weighted by Gasteiger charge is 2.25. The van der Waals surface area contributed by atoms with Crippen LogP contribution < -0.4 is 0 Å². The van der Waals surface area contributed by atoms with Gasteiger partial charge in [-0.1, -0.05) is 12.8 Å². The van der Waals surface area contributed by atoms with Gasteiger partial charge in [-0.15, -0.1) is 0 Å². The highest BCUT2D eigenvalue weighted by Crippen LogP contribution is 2.33. The monoisotopic (exact) mass is 178 g/mol. The molecule has 1 aromatic heterocycles. The van der Waals surface area contributed by atoms with Crippen molar-refractivity contribution in [1.82, 2.24) is 9.97 Å². The first-order valence-electron chi connectivity index (χ1n) is 4.83. The van der Waals surface area contributed by atoms with Gasteiger partial charge >= 0.3 is 0 Å². The van der Waals surface area contributed by atoms with Gasteiger partial charge in [0.1, 0.15) is 6.10 Å². The van der Waals surface area contributed by atoms with Crippen LogP contribution in [0.4, 0.5) is 0 Å². The first-order chi connectivity index (χ1) is 6.38. The van der Waals surface area contributed by atoms with Crippen LogP contribution >= 0.6 is 0 Å². The minimum Gasteiger partial charge on any atom is -0.385 e. The van der Waals surface area contributed by atoms with Crippen molar-refractivity contribution >= 4 is 0 Å². The largest absolute Gasteiger partial charge is 0.385 e. The third kappa shape index (κ3) is 1.86. The van der Waals surface area contributed by atoms with Crippen molar-refractivity contribution in [1.29, 1.82) is 0 Å². The van der Waals surface area contributed by atoms with Crippen molar-refractivity contribution in [3.05, 3.63) is 24.3 Å². The third-order valence-corrected chi connectivity index (χ3v) is 2.70. The van der Waals surface area contributed by atoms with Crippen molar-refractivity contribution in [3.8, 4) is 0 Å². The fourth-order valence-electron chi connectivity index (χ4n) is 1.95. The van der Waals surface area contributed by atoms with E-state index in [0.717, 1.165) is 12.8 Å². The summed E-state index contributed by atoms with van der Waals surface area (Å²) in [4.78, 5) is 8.12. The maximum Gasteiger partial charge on any atom is 0.157 e. The number of hydrogen-bond acceptors (Lipinski definition) is 3. The molecule has 0 unspecified atom stereocenters. The molecule has 2 rings (SSSR count). The summed E-state index contributed by atoms with van der Waals surface area (Å²) >= 11 is 0. The van der Waals surface area contributed by atoms with Gasteiger partial charge in [-0.3, -0.25) is 0 Å². The molecule has 1 aliphatic carbocycles. The Morgan fingerprint density at radius 1 is 1.23 bits per heavy atom. The molecular formula is C10H14N2O. The molecule has 0 aliphatic heterocycles. The number of aliphatic hydroxyl groups excluding tert-OH is 1. The molecule has 0 spiro atoms. The van der Waals surface area contributed by atoms with Gasteiger partial charge in [-0.05, 0) is 24.8 Å². The standard InChI is InChI=1S/C10H14N2O/c13-9(8-4-1-2-5-8)10-11-6-3-7-12-10/h3,6-9,13H,1-2,4-5H2/t9-/m1/s1. The van der Waals surface area contributed by atoms with Crippen LogP contribution in [0.5, 0.6) is 0 Å². The zero-order valence-electron chi connectivity index (χ0n) is 7.56. The summed E-state index contributed by atoms with van der Waals surface area (Å²) in [6.45, 7) is 0. The lowest BCUT2D eigenvalue weighted by molar-refractivity contribution is 0.103. The smallest absolute Gasteiger partial charge is 0.157 e. The van der Waals surface area contributed by atoms with Crippen LogP contribution in [0.25, 0.3) is 0 Å². The van der Waals surface area contributed by atoms with Gasteiger partial charge in [0.15, 0.2) is 5.82 Å². The molecule has 1 aliphatic rings. The number of hydrogen-bond donors (Lipinski definition) is 1. The Morgan fingerprint density at radius 2 is 1.85 bits per heavy atom. The minimum atomic E-state index is -0.455. The Bertz CT molecular complexity index is 257. The Labute approximate surface area is 77.8 Å². The lowest BCUT2D eigenvalue weighted by Crippen LogP contribution is -2.11. The van der Waals surface area contributed by atoms with E-state index in [9.17, 15) is 5.11 Å². The SMILES string of the molecule is O[C@@H](c1ncccn1)C1CCCC1. The highest BCUT2D eigenvalue weighted by atomic mass is 16.3. The van der Waals surface area contributed by atoms with Crippen molar-refractivity contribution in [3.63, 3.8) is 0 Å². The number of nitrogens with zero attached hydrogens (tertiary/aromatic N) is 2. The van der Waals surface area contributed by atoms with Crippen molar-refractivity contribution in [2.45, 2.75) is 31.8 Å². The summed E-state index contributed by atoms with van der Waals surface area (Å²) in [5, 5.41) is 9.90. The van der Waals surface area contributed by atoms with E-state index in [-0.39, 0.29) is 0 Å². The molecule has 0 amide bonds. The zero-order chi connectivity index (χ0) is 9.10. The molecular weight excluding hydrogens is 164 g/mol. The molecule has 0 aromatic carbocycles. The predicted octanol–water partition coefficient (Wildman–Crippen LogP) is 1.70. The van der Waals surface area contributed by atoms with Crippen molar-refractivity contribution < 1.29 is 5.11 Å². The van der Waals surface area contributed by atoms with E-state index in [2.05, 4.69) is 9.97 Å². The maximum absolute atomic E-state index is 9.90. The second kappa shape index (κ2) is 3.83. The molecule has 0 bridgehead atoms. The van der Waals surface area contributed by atoms with Gasteiger partial charge in [0.25, 0.3) is 0 Å². The van der Waals surface area contributed by atoms with E-state index < -0.39 is 6.10 Å². The van der Waals surface area contributed by atoms with Gasteiger partial charge in [0, 0.05) is 12.4 Å². The number of aliphatic hydroxyl groups is 1. The van der Waals surface area contributed by atoms with E-state index in [1.807, 2.05) is 0 Å². The maximum atomic E-state index is 9.90. The van der Waals surface area contributed by atoms with Gasteiger partial charge < -0.3 is 5.11 Å². The number of aromatic nitrogens is 2. The first-order valence-corrected chi connectivity index (χ1v) is 4.83. The summed E-state index contributed by atoms with van der Waals surface area (Å²) in [6, 6.07) is 1.77. The first kappa shape index (κ1) is 8.63. The quantitative estimate of drug-likeness (QED) is 0.749. The van der Waals surface area contributed by atoms with Crippen LogP contribution in [0.1, 0.15) is 37.6 Å². The molecule has 1 saturated carbocycles. The van der Waals surface area contributed by atoms with Crippen LogP contribution in [0.2, 0.25) is 0 Å². The van der Waals surface area contributed by atoms with E-state index in [1.165, 1.54) is 12.8 Å². The van der Waals surface area contributed by atoms with E-state index in [1.54, 1.807) is 18.5 Å². The normalized spacial score (nSPS) is 20.4. The fourth-order valence-corrected chi connectivity index (χ4v) is 1.95. The van der Waals surface area contributed by atoms with E-state index >= 15 is 0 Å². The summed E-state index contributed by atoms with van der Waals surface area (Å²) in [7, 11) is 0. The fraction of sp³-hybridized carbons (Fsp3) is 0.600. The summed E-state index contributed by atoms with van der Waals surface area (Å²) in [5.41, 5.74) is 0. The Morgan fingerprint density at radius 3 is 2.46 bits per heavy atom. The molecule has 70 valence electrons. The lowest BCUT2D eigenvalue weighted by Gasteiger charge is -2.15. The van der Waals surface area contributed by atoms with Crippen molar-refractivity contribution in [2.24, 2.45) is 5.92 Å². The summed E-state index contributed by atoms with van der Waals surface area (Å²) in [5.74, 6) is 0.955. The second-order valence-electron chi connectivity index (χ2n) is 3.60. The van der Waals surface area contributed by atoms with Crippen LogP contribution in [-0.2, 0) is 0 Å². The predicted molar refractivity (Wildman–Crippen MR) is 48.9 cm³/mol. The van der Waals surface area contributed by atoms with Crippen LogP contribution in [0.3, 0.4) is 0 Å². The van der Waals surface area contributed by atoms with Gasteiger partial charge in [0.2, 0.25) is 0 Å². The minimum absolute atomic E-state index is 0.377. The molecule has 1 atom stereocenters. The average Bonchev–Trinajstić information content (AvgIpc) is 2.71. The third-order valence-electron chi connectivity index (χ3n) is 2.70. The van der Waals surface area contributed by atoms with E-state index in [4.69, 9.17) is 0 Å². The second-order valence-corrected chi connectivity index (χ2v) is 3.60. The van der Waals surface area contributed by atoms with E-state index in [0.29, 0.717) is 11.7 Å². The lowest BCUT2D eigenvalue weighted by atomic mass is 10.0. The molecule has 13 heavy (non-hydrogen) atoms. The number of rotatable bonds is 2. The zero-order valence-corrected chi connectivity index (χ0v) is 7.56. The van der Waals surface area contributed by atoms with Crippen molar-refractivity contribution in [2.75, 3.05) is 0 Å². The molecule has 0 saturated heterocycles. The van der Waals surface area contributed by atoms with Crippen LogP contribution in [0, 0.1) is 5.92 Å². The molecule has 1 aromatic rings. The van der Waals surface area contributed by atoms with Gasteiger partial charge in [0.05, 0.1) is 0 Å².